The third-order valence-corrected chi connectivity index (χ3v) is 5.46. The number of amides is 1. The summed E-state index contributed by atoms with van der Waals surface area (Å²) < 4.78 is 43.3. The second-order valence-corrected chi connectivity index (χ2v) is 7.51. The Balaban J connectivity index is 1.42. The van der Waals surface area contributed by atoms with E-state index in [1.807, 2.05) is 35.1 Å². The van der Waals surface area contributed by atoms with Crippen LogP contribution in [0.15, 0.2) is 43.0 Å². The molecule has 0 fully saturated rings. The Bertz CT molecular complexity index is 1280. The van der Waals surface area contributed by atoms with Crippen molar-refractivity contribution in [2.24, 2.45) is 7.05 Å². The molecule has 1 aliphatic carbocycles. The van der Waals surface area contributed by atoms with Gasteiger partial charge < -0.3 is 9.72 Å². The van der Waals surface area contributed by atoms with Crippen LogP contribution in [0.4, 0.5) is 13.2 Å². The predicted octanol–water partition coefficient (Wildman–Crippen LogP) is 3.08. The second kappa shape index (κ2) is 6.96. The SMILES string of the molecule is Cn1nc(C(F)(F)F)cc1C(=O)N[C@H]1CCCc2nn(-c3ccn4ccnc4c3)cc21. The number of hydrogen-bond donors (Lipinski definition) is 1. The van der Waals surface area contributed by atoms with Crippen molar-refractivity contribution in [3.63, 3.8) is 0 Å². The molecule has 1 aliphatic rings. The topological polar surface area (TPSA) is 82.0 Å². The van der Waals surface area contributed by atoms with Crippen molar-refractivity contribution in [3.8, 4) is 5.69 Å². The van der Waals surface area contributed by atoms with Gasteiger partial charge in [0.2, 0.25) is 0 Å². The Labute approximate surface area is 174 Å². The zero-order valence-corrected chi connectivity index (χ0v) is 16.5. The van der Waals surface area contributed by atoms with Gasteiger partial charge in [0.1, 0.15) is 11.3 Å². The molecule has 5 rings (SSSR count). The van der Waals surface area contributed by atoms with E-state index in [9.17, 15) is 18.0 Å². The van der Waals surface area contributed by atoms with Crippen molar-refractivity contribution in [3.05, 3.63) is 65.6 Å². The molecule has 0 radical (unpaired) electrons. The molecular formula is C20H18F3N7O. The number of hydrogen-bond acceptors (Lipinski definition) is 4. The van der Waals surface area contributed by atoms with Crippen LogP contribution in [0, 0.1) is 0 Å². The largest absolute Gasteiger partial charge is 0.435 e. The first kappa shape index (κ1) is 19.3. The predicted molar refractivity (Wildman–Crippen MR) is 104 cm³/mol. The van der Waals surface area contributed by atoms with Gasteiger partial charge >= 0.3 is 6.18 Å². The lowest BCUT2D eigenvalue weighted by Gasteiger charge is -2.22. The van der Waals surface area contributed by atoms with E-state index >= 15 is 0 Å². The summed E-state index contributed by atoms with van der Waals surface area (Å²) in [5.41, 5.74) is 2.11. The molecule has 0 bridgehead atoms. The summed E-state index contributed by atoms with van der Waals surface area (Å²) in [4.78, 5) is 17.0. The fraction of sp³-hybridized carbons (Fsp3) is 0.300. The summed E-state index contributed by atoms with van der Waals surface area (Å²) in [7, 11) is 1.32. The number of nitrogens with one attached hydrogen (secondary N) is 1. The summed E-state index contributed by atoms with van der Waals surface area (Å²) in [5, 5.41) is 10.9. The Morgan fingerprint density at radius 3 is 2.84 bits per heavy atom. The Morgan fingerprint density at radius 2 is 2.06 bits per heavy atom. The van der Waals surface area contributed by atoms with Gasteiger partial charge in [-0.25, -0.2) is 9.67 Å². The number of aryl methyl sites for hydroxylation is 2. The molecule has 4 aromatic rings. The van der Waals surface area contributed by atoms with Crippen molar-refractivity contribution in [2.45, 2.75) is 31.5 Å². The zero-order chi connectivity index (χ0) is 21.8. The van der Waals surface area contributed by atoms with Crippen LogP contribution < -0.4 is 5.32 Å². The van der Waals surface area contributed by atoms with Crippen molar-refractivity contribution in [1.29, 1.82) is 0 Å². The average Bonchev–Trinajstić information content (AvgIpc) is 3.44. The third kappa shape index (κ3) is 3.45. The van der Waals surface area contributed by atoms with Crippen LogP contribution >= 0.6 is 0 Å². The maximum absolute atomic E-state index is 12.9. The monoisotopic (exact) mass is 429 g/mol. The van der Waals surface area contributed by atoms with Gasteiger partial charge in [0.05, 0.1) is 17.4 Å². The van der Waals surface area contributed by atoms with Crippen molar-refractivity contribution >= 4 is 11.6 Å². The number of nitrogens with zero attached hydrogens (tertiary/aromatic N) is 6. The zero-order valence-electron chi connectivity index (χ0n) is 16.5. The first-order chi connectivity index (χ1) is 14.8. The molecular weight excluding hydrogens is 411 g/mol. The van der Waals surface area contributed by atoms with E-state index in [1.54, 1.807) is 10.9 Å². The summed E-state index contributed by atoms with van der Waals surface area (Å²) in [6, 6.07) is 4.24. The molecule has 0 aromatic carbocycles. The summed E-state index contributed by atoms with van der Waals surface area (Å²) in [6.07, 6.45) is 4.95. The summed E-state index contributed by atoms with van der Waals surface area (Å²) >= 11 is 0. The van der Waals surface area contributed by atoms with E-state index in [4.69, 9.17) is 0 Å². The van der Waals surface area contributed by atoms with E-state index in [-0.39, 0.29) is 11.7 Å². The quantitative estimate of drug-likeness (QED) is 0.543. The van der Waals surface area contributed by atoms with Crippen LogP contribution in [0.1, 0.15) is 46.3 Å². The fourth-order valence-electron chi connectivity index (χ4n) is 3.91. The number of carbonyl (C=O) groups excluding carboxylic acids is 1. The van der Waals surface area contributed by atoms with Gasteiger partial charge in [-0.15, -0.1) is 0 Å². The molecule has 0 saturated carbocycles. The molecule has 160 valence electrons. The van der Waals surface area contributed by atoms with E-state index in [0.717, 1.165) is 46.2 Å². The van der Waals surface area contributed by atoms with E-state index in [0.29, 0.717) is 6.42 Å². The van der Waals surface area contributed by atoms with Crippen molar-refractivity contribution in [1.82, 2.24) is 34.3 Å². The number of carbonyl (C=O) groups is 1. The lowest BCUT2D eigenvalue weighted by molar-refractivity contribution is -0.141. The number of pyridine rings is 1. The molecule has 0 aliphatic heterocycles. The average molecular weight is 429 g/mol. The van der Waals surface area contributed by atoms with E-state index < -0.39 is 17.8 Å². The van der Waals surface area contributed by atoms with E-state index in [1.165, 1.54) is 7.05 Å². The molecule has 0 saturated heterocycles. The first-order valence-electron chi connectivity index (χ1n) is 9.73. The number of alkyl halides is 3. The standard InChI is InChI=1S/C20H18F3N7O/c1-28-16(10-17(27-28)20(21,22)23)19(31)25-14-3-2-4-15-13(14)11-30(26-15)12-5-7-29-8-6-24-18(29)9-12/h5-11,14H,2-4H2,1H3,(H,25,31)/t14-/m0/s1. The third-order valence-electron chi connectivity index (χ3n) is 5.46. The Hall–Kier alpha value is -3.63. The maximum Gasteiger partial charge on any atom is 0.435 e. The number of halogens is 3. The molecule has 1 amide bonds. The van der Waals surface area contributed by atoms with Gasteiger partial charge in [-0.05, 0) is 25.3 Å². The number of rotatable bonds is 3. The fourth-order valence-corrected chi connectivity index (χ4v) is 3.91. The van der Waals surface area contributed by atoms with Gasteiger partial charge in [0, 0.05) is 49.5 Å². The Kier molecular flexibility index (Phi) is 4.34. The molecule has 0 unspecified atom stereocenters. The molecule has 0 spiro atoms. The van der Waals surface area contributed by atoms with Crippen LogP contribution in [0.5, 0.6) is 0 Å². The maximum atomic E-state index is 12.9. The van der Waals surface area contributed by atoms with Crippen molar-refractivity contribution in [2.75, 3.05) is 0 Å². The van der Waals surface area contributed by atoms with Crippen LogP contribution in [-0.2, 0) is 19.6 Å². The summed E-state index contributed by atoms with van der Waals surface area (Å²) in [5.74, 6) is -0.602. The van der Waals surface area contributed by atoms with Crippen LogP contribution in [0.3, 0.4) is 0 Å². The van der Waals surface area contributed by atoms with Crippen molar-refractivity contribution < 1.29 is 18.0 Å². The highest BCUT2D eigenvalue weighted by Gasteiger charge is 2.36. The highest BCUT2D eigenvalue weighted by molar-refractivity contribution is 5.93. The molecule has 11 heteroatoms. The second-order valence-electron chi connectivity index (χ2n) is 7.51. The summed E-state index contributed by atoms with van der Waals surface area (Å²) in [6.45, 7) is 0. The highest BCUT2D eigenvalue weighted by Crippen LogP contribution is 2.31. The van der Waals surface area contributed by atoms with Gasteiger partial charge in [-0.2, -0.15) is 23.4 Å². The Morgan fingerprint density at radius 1 is 1.23 bits per heavy atom. The molecule has 1 N–H and O–H groups in total. The molecule has 4 heterocycles. The first-order valence-corrected chi connectivity index (χ1v) is 9.73. The number of aromatic nitrogens is 6. The normalized spacial score (nSPS) is 16.5. The highest BCUT2D eigenvalue weighted by atomic mass is 19.4. The molecule has 4 aromatic heterocycles. The molecule has 31 heavy (non-hydrogen) atoms. The van der Waals surface area contributed by atoms with Gasteiger partial charge in [-0.3, -0.25) is 9.48 Å². The van der Waals surface area contributed by atoms with Gasteiger partial charge in [0.25, 0.3) is 5.91 Å². The lowest BCUT2D eigenvalue weighted by Crippen LogP contribution is -2.31. The minimum absolute atomic E-state index is 0.142. The number of imidazole rings is 1. The van der Waals surface area contributed by atoms with Crippen LogP contribution in [-0.4, -0.2) is 34.9 Å². The lowest BCUT2D eigenvalue weighted by atomic mass is 9.93. The van der Waals surface area contributed by atoms with Crippen LogP contribution in [0.2, 0.25) is 0 Å². The molecule has 1 atom stereocenters. The van der Waals surface area contributed by atoms with E-state index in [2.05, 4.69) is 20.5 Å². The van der Waals surface area contributed by atoms with Gasteiger partial charge in [0.15, 0.2) is 5.69 Å². The van der Waals surface area contributed by atoms with Gasteiger partial charge in [-0.1, -0.05) is 0 Å². The van der Waals surface area contributed by atoms with Crippen LogP contribution in [0.25, 0.3) is 11.3 Å². The molecule has 8 nitrogen and oxygen atoms in total. The minimum Gasteiger partial charge on any atom is -0.344 e. The smallest absolute Gasteiger partial charge is 0.344 e. The minimum atomic E-state index is -4.61. The number of fused-ring (bicyclic) bond motifs is 2.